The van der Waals surface area contributed by atoms with E-state index in [-0.39, 0.29) is 36.3 Å². The molecule has 0 fully saturated rings. The molecule has 0 aromatic heterocycles. The van der Waals surface area contributed by atoms with Gasteiger partial charge in [-0.25, -0.2) is 21.6 Å². The number of halogens is 6. The van der Waals surface area contributed by atoms with Gasteiger partial charge in [0.1, 0.15) is 17.8 Å². The summed E-state index contributed by atoms with van der Waals surface area (Å²) in [5.41, 5.74) is -5.26. The lowest BCUT2D eigenvalue weighted by molar-refractivity contribution is -0.0436. The summed E-state index contributed by atoms with van der Waals surface area (Å²) in [6.07, 6.45) is -1.10. The molecule has 2 aromatic rings. The first-order valence-corrected chi connectivity index (χ1v) is 10.4. The minimum absolute atomic E-state index is 0.0156. The van der Waals surface area contributed by atoms with Crippen LogP contribution in [0.2, 0.25) is 0 Å². The van der Waals surface area contributed by atoms with E-state index in [1.165, 1.54) is 11.0 Å². The first-order valence-electron chi connectivity index (χ1n) is 8.89. The van der Waals surface area contributed by atoms with E-state index in [2.05, 4.69) is 0 Å². The fourth-order valence-corrected chi connectivity index (χ4v) is 5.19. The van der Waals surface area contributed by atoms with Gasteiger partial charge in [0.05, 0.1) is 10.6 Å². The van der Waals surface area contributed by atoms with Crippen LogP contribution >= 0.6 is 0 Å². The molecule has 0 spiro atoms. The number of benzene rings is 2. The van der Waals surface area contributed by atoms with Gasteiger partial charge in [-0.3, -0.25) is 0 Å². The quantitative estimate of drug-likeness (QED) is 0.601. The number of sulfone groups is 1. The van der Waals surface area contributed by atoms with Crippen molar-refractivity contribution in [1.29, 1.82) is 0 Å². The van der Waals surface area contributed by atoms with E-state index >= 15 is 0 Å². The molecule has 29 heavy (non-hydrogen) atoms. The highest BCUT2D eigenvalue weighted by molar-refractivity contribution is 7.92. The maximum Gasteiger partial charge on any atom is 0.501 e. The van der Waals surface area contributed by atoms with E-state index in [1.54, 1.807) is 0 Å². The van der Waals surface area contributed by atoms with Gasteiger partial charge in [0.15, 0.2) is 0 Å². The second-order valence-electron chi connectivity index (χ2n) is 7.08. The Kier molecular flexibility index (Phi) is 4.60. The highest BCUT2D eigenvalue weighted by Crippen LogP contribution is 2.48. The monoisotopic (exact) mass is 435 g/mol. The second kappa shape index (κ2) is 6.65. The van der Waals surface area contributed by atoms with Gasteiger partial charge >= 0.3 is 5.51 Å². The first-order chi connectivity index (χ1) is 13.5. The van der Waals surface area contributed by atoms with Gasteiger partial charge in [-0.05, 0) is 55.0 Å². The summed E-state index contributed by atoms with van der Waals surface area (Å²) in [6, 6.07) is 3.76. The molecule has 2 aliphatic rings. The lowest BCUT2D eigenvalue weighted by Gasteiger charge is -2.33. The number of hydrogen-bond donors (Lipinski definition) is 0. The summed E-state index contributed by atoms with van der Waals surface area (Å²) in [7, 11) is -5.74. The minimum Gasteiger partial charge on any atom is -0.339 e. The number of aryl methyl sites for hydroxylation is 1. The fraction of sp³-hybridized carbons (Fsp3) is 0.368. The largest absolute Gasteiger partial charge is 0.501 e. The molecule has 0 saturated heterocycles. The molecule has 10 heteroatoms. The lowest BCUT2D eigenvalue weighted by Crippen LogP contribution is -2.28. The number of fused-ring (bicyclic) bond motifs is 2. The maximum absolute atomic E-state index is 14.5. The molecule has 1 heterocycles. The molecule has 156 valence electrons. The Morgan fingerprint density at radius 2 is 1.79 bits per heavy atom. The Morgan fingerprint density at radius 1 is 1.07 bits per heavy atom. The molecule has 0 radical (unpaired) electrons. The van der Waals surface area contributed by atoms with Crippen LogP contribution in [0.4, 0.5) is 37.7 Å². The molecule has 4 rings (SSSR count). The Hall–Kier alpha value is -2.23. The van der Waals surface area contributed by atoms with Crippen molar-refractivity contribution in [1.82, 2.24) is 0 Å². The van der Waals surface area contributed by atoms with Crippen molar-refractivity contribution in [2.24, 2.45) is 0 Å². The Morgan fingerprint density at radius 3 is 2.48 bits per heavy atom. The third-order valence-electron chi connectivity index (χ3n) is 5.34. The van der Waals surface area contributed by atoms with Crippen molar-refractivity contribution in [3.8, 4) is 0 Å². The zero-order chi connectivity index (χ0) is 21.1. The standard InChI is InChI=1S/C19H15F6NO2S/c20-11-8-10-2-1-7-26(18(10)14(22)9-11)15-5-6-16(29(27,28)19(23,24)25)17-12(15)3-4-13(17)21/h5-6,8-9,13H,1-4,7H2. The maximum atomic E-state index is 14.5. The summed E-state index contributed by atoms with van der Waals surface area (Å²) in [4.78, 5) is 0.361. The second-order valence-corrected chi connectivity index (χ2v) is 8.99. The van der Waals surface area contributed by atoms with E-state index in [9.17, 15) is 34.8 Å². The van der Waals surface area contributed by atoms with Crippen molar-refractivity contribution in [3.63, 3.8) is 0 Å². The summed E-state index contributed by atoms with van der Waals surface area (Å²) in [5, 5.41) is 0. The van der Waals surface area contributed by atoms with Crippen LogP contribution in [0.1, 0.15) is 35.7 Å². The van der Waals surface area contributed by atoms with Gasteiger partial charge in [0.2, 0.25) is 0 Å². The van der Waals surface area contributed by atoms with Crippen molar-refractivity contribution >= 4 is 21.2 Å². The van der Waals surface area contributed by atoms with Gasteiger partial charge in [0, 0.05) is 23.9 Å². The molecule has 3 nitrogen and oxygen atoms in total. The van der Waals surface area contributed by atoms with Crippen LogP contribution in [0.15, 0.2) is 29.2 Å². The normalized spacial score (nSPS) is 19.2. The molecular weight excluding hydrogens is 420 g/mol. The molecule has 0 saturated carbocycles. The van der Waals surface area contributed by atoms with E-state index in [4.69, 9.17) is 0 Å². The van der Waals surface area contributed by atoms with Gasteiger partial charge < -0.3 is 4.90 Å². The van der Waals surface area contributed by atoms with Gasteiger partial charge in [-0.1, -0.05) is 0 Å². The summed E-state index contributed by atoms with van der Waals surface area (Å²) < 4.78 is 106. The van der Waals surface area contributed by atoms with Gasteiger partial charge in [-0.2, -0.15) is 13.2 Å². The Balaban J connectivity index is 1.92. The van der Waals surface area contributed by atoms with Crippen molar-refractivity contribution in [3.05, 3.63) is 52.6 Å². The molecule has 1 atom stereocenters. The van der Waals surface area contributed by atoms with Crippen molar-refractivity contribution < 1.29 is 34.8 Å². The Bertz CT molecular complexity index is 1100. The molecule has 0 amide bonds. The van der Waals surface area contributed by atoms with Crippen LogP contribution in [-0.4, -0.2) is 20.5 Å². The first kappa shape index (κ1) is 20.1. The molecule has 1 aliphatic carbocycles. The van der Waals surface area contributed by atoms with Crippen LogP contribution in [0.5, 0.6) is 0 Å². The smallest absolute Gasteiger partial charge is 0.339 e. The van der Waals surface area contributed by atoms with Crippen LogP contribution in [0.3, 0.4) is 0 Å². The van der Waals surface area contributed by atoms with Crippen LogP contribution < -0.4 is 4.90 Å². The van der Waals surface area contributed by atoms with Crippen LogP contribution in [-0.2, 0) is 22.7 Å². The third kappa shape index (κ3) is 3.08. The van der Waals surface area contributed by atoms with Gasteiger partial charge in [0.25, 0.3) is 9.84 Å². The van der Waals surface area contributed by atoms with E-state index in [0.29, 0.717) is 24.5 Å². The molecule has 1 unspecified atom stereocenters. The number of hydrogen-bond acceptors (Lipinski definition) is 3. The fourth-order valence-electron chi connectivity index (χ4n) is 4.16. The summed E-state index contributed by atoms with van der Waals surface area (Å²) in [5.74, 6) is -1.58. The Labute approximate surface area is 162 Å². The van der Waals surface area contributed by atoms with E-state index < -0.39 is 43.6 Å². The average molecular weight is 435 g/mol. The van der Waals surface area contributed by atoms with Crippen molar-refractivity contribution in [2.45, 2.75) is 42.3 Å². The highest BCUT2D eigenvalue weighted by Gasteiger charge is 2.49. The predicted molar refractivity (Wildman–Crippen MR) is 93.5 cm³/mol. The van der Waals surface area contributed by atoms with Crippen molar-refractivity contribution in [2.75, 3.05) is 11.4 Å². The van der Waals surface area contributed by atoms with Crippen LogP contribution in [0.25, 0.3) is 0 Å². The average Bonchev–Trinajstić information content (AvgIpc) is 3.01. The topological polar surface area (TPSA) is 37.4 Å². The lowest BCUT2D eigenvalue weighted by atomic mass is 9.98. The minimum atomic E-state index is -5.74. The molecule has 0 N–H and O–H groups in total. The highest BCUT2D eigenvalue weighted by atomic mass is 32.2. The van der Waals surface area contributed by atoms with E-state index in [0.717, 1.165) is 12.1 Å². The number of alkyl halides is 4. The zero-order valence-electron chi connectivity index (χ0n) is 14.9. The number of nitrogens with zero attached hydrogens (tertiary/aromatic N) is 1. The third-order valence-corrected chi connectivity index (χ3v) is 6.89. The summed E-state index contributed by atoms with van der Waals surface area (Å²) >= 11 is 0. The SMILES string of the molecule is O=S(=O)(c1ccc(N2CCCc3cc(F)cc(F)c32)c2c1C(F)CC2)C(F)(F)F. The molecule has 2 aromatic carbocycles. The molecule has 1 aliphatic heterocycles. The van der Waals surface area contributed by atoms with Gasteiger partial charge in [-0.15, -0.1) is 0 Å². The van der Waals surface area contributed by atoms with E-state index in [1.807, 2.05) is 0 Å². The number of anilines is 2. The number of rotatable bonds is 2. The van der Waals surface area contributed by atoms with Crippen LogP contribution in [0, 0.1) is 11.6 Å². The molecule has 0 bridgehead atoms. The predicted octanol–water partition coefficient (Wildman–Crippen LogP) is 5.30. The zero-order valence-corrected chi connectivity index (χ0v) is 15.7. The summed E-state index contributed by atoms with van der Waals surface area (Å²) in [6.45, 7) is 0.282. The molecular formula is C19H15F6NO2S.